The predicted octanol–water partition coefficient (Wildman–Crippen LogP) is 5.36. The first-order valence-electron chi connectivity index (χ1n) is 9.45. The first kappa shape index (κ1) is 19.0. The first-order valence-corrected chi connectivity index (χ1v) is 10.3. The maximum absolute atomic E-state index is 13.5. The molecule has 0 aliphatic rings. The molecule has 4 aromatic rings. The SMILES string of the molecule is Cc1nc(-c2cccnc2)sc1C(=O)N(Cc1ccccc1)Cc1ccccc1. The number of carbonyl (C=O) groups excluding carboxylic acids is 1. The van der Waals surface area contributed by atoms with Crippen molar-refractivity contribution in [3.63, 3.8) is 0 Å². The van der Waals surface area contributed by atoms with Crippen LogP contribution in [0.2, 0.25) is 0 Å². The number of hydrogen-bond donors (Lipinski definition) is 0. The molecule has 4 rings (SSSR count). The molecular formula is C24H21N3OS. The van der Waals surface area contributed by atoms with Gasteiger partial charge in [0.15, 0.2) is 0 Å². The molecule has 0 aliphatic heterocycles. The van der Waals surface area contributed by atoms with Crippen molar-refractivity contribution in [3.8, 4) is 10.6 Å². The monoisotopic (exact) mass is 399 g/mol. The molecular weight excluding hydrogens is 378 g/mol. The fourth-order valence-corrected chi connectivity index (χ4v) is 4.18. The Bertz CT molecular complexity index is 1040. The van der Waals surface area contributed by atoms with Gasteiger partial charge in [-0.15, -0.1) is 11.3 Å². The van der Waals surface area contributed by atoms with Crippen LogP contribution in [0.25, 0.3) is 10.6 Å². The van der Waals surface area contributed by atoms with Gasteiger partial charge in [-0.25, -0.2) is 4.98 Å². The molecule has 0 bridgehead atoms. The van der Waals surface area contributed by atoms with Crippen molar-refractivity contribution < 1.29 is 4.79 Å². The summed E-state index contributed by atoms with van der Waals surface area (Å²) in [6.07, 6.45) is 3.51. The van der Waals surface area contributed by atoms with Crippen molar-refractivity contribution >= 4 is 17.2 Å². The number of nitrogens with zero attached hydrogens (tertiary/aromatic N) is 3. The number of thiazole rings is 1. The van der Waals surface area contributed by atoms with Gasteiger partial charge in [-0.3, -0.25) is 9.78 Å². The first-order chi connectivity index (χ1) is 14.2. The van der Waals surface area contributed by atoms with Crippen molar-refractivity contribution in [2.75, 3.05) is 0 Å². The minimum absolute atomic E-state index is 0.00264. The summed E-state index contributed by atoms with van der Waals surface area (Å²) >= 11 is 1.43. The molecule has 5 heteroatoms. The van der Waals surface area contributed by atoms with Crippen LogP contribution in [0, 0.1) is 6.92 Å². The van der Waals surface area contributed by atoms with Gasteiger partial charge in [0.05, 0.1) is 5.69 Å². The zero-order valence-corrected chi connectivity index (χ0v) is 17.0. The van der Waals surface area contributed by atoms with E-state index in [-0.39, 0.29) is 5.91 Å². The van der Waals surface area contributed by atoms with Gasteiger partial charge in [0.1, 0.15) is 9.88 Å². The third kappa shape index (κ3) is 4.58. The molecule has 144 valence electrons. The summed E-state index contributed by atoms with van der Waals surface area (Å²) in [6, 6.07) is 24.0. The number of aryl methyl sites for hydroxylation is 1. The number of hydrogen-bond acceptors (Lipinski definition) is 4. The van der Waals surface area contributed by atoms with Gasteiger partial charge >= 0.3 is 0 Å². The normalized spacial score (nSPS) is 10.7. The van der Waals surface area contributed by atoms with Crippen LogP contribution in [0.15, 0.2) is 85.2 Å². The summed E-state index contributed by atoms with van der Waals surface area (Å²) < 4.78 is 0. The van der Waals surface area contributed by atoms with Crippen molar-refractivity contribution in [3.05, 3.63) is 107 Å². The Morgan fingerprint density at radius 2 is 1.52 bits per heavy atom. The maximum atomic E-state index is 13.5. The second-order valence-electron chi connectivity index (χ2n) is 6.81. The Morgan fingerprint density at radius 1 is 0.897 bits per heavy atom. The van der Waals surface area contributed by atoms with E-state index in [0.717, 1.165) is 27.4 Å². The van der Waals surface area contributed by atoms with Gasteiger partial charge < -0.3 is 4.90 Å². The van der Waals surface area contributed by atoms with E-state index in [1.54, 1.807) is 12.4 Å². The van der Waals surface area contributed by atoms with Gasteiger partial charge in [-0.2, -0.15) is 0 Å². The summed E-state index contributed by atoms with van der Waals surface area (Å²) in [5, 5.41) is 0.818. The smallest absolute Gasteiger partial charge is 0.266 e. The fraction of sp³-hybridized carbons (Fsp3) is 0.125. The molecule has 2 aromatic carbocycles. The Labute approximate surface area is 174 Å². The lowest BCUT2D eigenvalue weighted by Gasteiger charge is -2.22. The van der Waals surface area contributed by atoms with E-state index in [4.69, 9.17) is 0 Å². The van der Waals surface area contributed by atoms with E-state index >= 15 is 0 Å². The zero-order valence-electron chi connectivity index (χ0n) is 16.2. The lowest BCUT2D eigenvalue weighted by Crippen LogP contribution is -2.30. The minimum Gasteiger partial charge on any atom is -0.329 e. The Hall–Kier alpha value is -3.31. The summed E-state index contributed by atoms with van der Waals surface area (Å²) in [4.78, 5) is 24.9. The summed E-state index contributed by atoms with van der Waals surface area (Å²) in [6.45, 7) is 3.00. The van der Waals surface area contributed by atoms with E-state index in [2.05, 4.69) is 9.97 Å². The molecule has 0 saturated carbocycles. The number of rotatable bonds is 6. The molecule has 0 fully saturated rings. The summed E-state index contributed by atoms with van der Waals surface area (Å²) in [7, 11) is 0. The van der Waals surface area contributed by atoms with Crippen molar-refractivity contribution in [2.45, 2.75) is 20.0 Å². The van der Waals surface area contributed by atoms with Gasteiger partial charge in [-0.1, -0.05) is 60.7 Å². The van der Waals surface area contributed by atoms with Crippen LogP contribution in [0.5, 0.6) is 0 Å². The second-order valence-corrected chi connectivity index (χ2v) is 7.81. The van der Waals surface area contributed by atoms with Crippen molar-refractivity contribution in [2.24, 2.45) is 0 Å². The Kier molecular flexibility index (Phi) is 5.77. The van der Waals surface area contributed by atoms with Crippen LogP contribution in [0.1, 0.15) is 26.5 Å². The zero-order chi connectivity index (χ0) is 20.1. The highest BCUT2D eigenvalue weighted by atomic mass is 32.1. The molecule has 1 amide bonds. The van der Waals surface area contributed by atoms with E-state index < -0.39 is 0 Å². The lowest BCUT2D eigenvalue weighted by atomic mass is 10.1. The number of amides is 1. The van der Waals surface area contributed by atoms with Crippen LogP contribution in [0.4, 0.5) is 0 Å². The van der Waals surface area contributed by atoms with Gasteiger partial charge in [-0.05, 0) is 30.2 Å². The molecule has 2 aromatic heterocycles. The van der Waals surface area contributed by atoms with Crippen molar-refractivity contribution in [1.29, 1.82) is 0 Å². The highest BCUT2D eigenvalue weighted by molar-refractivity contribution is 7.17. The summed E-state index contributed by atoms with van der Waals surface area (Å²) in [5.74, 6) is 0.00264. The molecule has 0 saturated heterocycles. The molecule has 0 atom stereocenters. The van der Waals surface area contributed by atoms with Gasteiger partial charge in [0, 0.05) is 31.0 Å². The highest BCUT2D eigenvalue weighted by Crippen LogP contribution is 2.29. The fourth-order valence-electron chi connectivity index (χ4n) is 3.16. The average molecular weight is 400 g/mol. The van der Waals surface area contributed by atoms with Crippen molar-refractivity contribution in [1.82, 2.24) is 14.9 Å². The van der Waals surface area contributed by atoms with E-state index in [0.29, 0.717) is 18.0 Å². The standard InChI is InChI=1S/C24H21N3OS/c1-18-22(29-23(26-18)21-13-8-14-25-15-21)24(28)27(16-19-9-4-2-5-10-19)17-20-11-6-3-7-12-20/h2-15H,16-17H2,1H3. The molecule has 29 heavy (non-hydrogen) atoms. The van der Waals surface area contributed by atoms with E-state index in [9.17, 15) is 4.79 Å². The number of benzene rings is 2. The molecule has 2 heterocycles. The average Bonchev–Trinajstić information content (AvgIpc) is 3.16. The molecule has 4 nitrogen and oxygen atoms in total. The number of aromatic nitrogens is 2. The van der Waals surface area contributed by atoms with Crippen LogP contribution in [-0.4, -0.2) is 20.8 Å². The van der Waals surface area contributed by atoms with Gasteiger partial charge in [0.25, 0.3) is 5.91 Å². The number of pyridine rings is 1. The quantitative estimate of drug-likeness (QED) is 0.439. The van der Waals surface area contributed by atoms with Crippen LogP contribution >= 0.6 is 11.3 Å². The minimum atomic E-state index is 0.00264. The van der Waals surface area contributed by atoms with Crippen LogP contribution in [0.3, 0.4) is 0 Å². The Morgan fingerprint density at radius 3 is 2.07 bits per heavy atom. The third-order valence-corrected chi connectivity index (χ3v) is 5.81. The largest absolute Gasteiger partial charge is 0.329 e. The topological polar surface area (TPSA) is 46.1 Å². The predicted molar refractivity (Wildman–Crippen MR) is 117 cm³/mol. The molecule has 0 unspecified atom stereocenters. The lowest BCUT2D eigenvalue weighted by molar-refractivity contribution is 0.0734. The molecule has 0 radical (unpaired) electrons. The molecule has 0 N–H and O–H groups in total. The Balaban J connectivity index is 1.65. The maximum Gasteiger partial charge on any atom is 0.266 e. The van der Waals surface area contributed by atoms with E-state index in [1.807, 2.05) is 84.6 Å². The van der Waals surface area contributed by atoms with Crippen LogP contribution in [-0.2, 0) is 13.1 Å². The molecule has 0 aliphatic carbocycles. The van der Waals surface area contributed by atoms with Crippen LogP contribution < -0.4 is 0 Å². The van der Waals surface area contributed by atoms with Gasteiger partial charge in [0.2, 0.25) is 0 Å². The van der Waals surface area contributed by atoms with E-state index in [1.165, 1.54) is 11.3 Å². The molecule has 0 spiro atoms. The third-order valence-electron chi connectivity index (χ3n) is 4.62. The summed E-state index contributed by atoms with van der Waals surface area (Å²) in [5.41, 5.74) is 3.89. The number of carbonyl (C=O) groups is 1. The second kappa shape index (κ2) is 8.80. The highest BCUT2D eigenvalue weighted by Gasteiger charge is 2.22.